The van der Waals surface area contributed by atoms with Gasteiger partial charge in [-0.2, -0.15) is 4.90 Å². The predicted molar refractivity (Wildman–Crippen MR) is 33.6 cm³/mol. The van der Waals surface area contributed by atoms with E-state index in [1.165, 1.54) is 6.92 Å². The third-order valence-electron chi connectivity index (χ3n) is 1.29. The second-order valence-corrected chi connectivity index (χ2v) is 2.09. The van der Waals surface area contributed by atoms with Gasteiger partial charge in [0.1, 0.15) is 0 Å². The quantitative estimate of drug-likeness (QED) is 0.499. The summed E-state index contributed by atoms with van der Waals surface area (Å²) < 4.78 is 0. The molecule has 0 unspecified atom stereocenters. The molecule has 5 nitrogen and oxygen atoms in total. The van der Waals surface area contributed by atoms with E-state index in [0.717, 1.165) is 6.08 Å². The lowest BCUT2D eigenvalue weighted by Gasteiger charge is -2.05. The van der Waals surface area contributed by atoms with Gasteiger partial charge < -0.3 is 5.11 Å². The molecule has 0 aliphatic carbocycles. The number of hydrogen-bond donors (Lipinski definition) is 1. The lowest BCUT2D eigenvalue weighted by Crippen LogP contribution is -2.35. The van der Waals surface area contributed by atoms with Gasteiger partial charge in [0, 0.05) is 11.6 Å². The van der Waals surface area contributed by atoms with Crippen LogP contribution in [0.15, 0.2) is 11.6 Å². The molecule has 0 aromatic rings. The molecule has 1 aliphatic rings. The maximum Gasteiger partial charge on any atom is 0.421 e. The smallest absolute Gasteiger partial charge is 0.421 e. The molecule has 0 atom stereocenters. The minimum atomic E-state index is -1.53. The average molecular weight is 155 g/mol. The fraction of sp³-hybridized carbons (Fsp3) is 0.167. The molecule has 0 aromatic heterocycles. The highest BCUT2D eigenvalue weighted by molar-refractivity contribution is 6.23. The molecule has 0 fully saturated rings. The van der Waals surface area contributed by atoms with Crippen molar-refractivity contribution in [2.24, 2.45) is 0 Å². The van der Waals surface area contributed by atoms with Gasteiger partial charge in [0.25, 0.3) is 11.8 Å². The molecular weight excluding hydrogens is 150 g/mol. The first kappa shape index (κ1) is 7.46. The van der Waals surface area contributed by atoms with Gasteiger partial charge in [-0.05, 0) is 6.92 Å². The molecule has 0 aromatic carbocycles. The highest BCUT2D eigenvalue weighted by atomic mass is 16.4. The molecule has 3 amide bonds. The van der Waals surface area contributed by atoms with E-state index >= 15 is 0 Å². The number of amides is 3. The summed E-state index contributed by atoms with van der Waals surface area (Å²) in [5.74, 6) is -1.55. The molecular formula is C6H5NO4. The summed E-state index contributed by atoms with van der Waals surface area (Å²) in [6.45, 7) is 1.39. The van der Waals surface area contributed by atoms with Crippen molar-refractivity contribution in [2.45, 2.75) is 6.92 Å². The number of imide groups is 3. The number of carboxylic acid groups (broad SMARTS) is 1. The molecule has 0 saturated heterocycles. The van der Waals surface area contributed by atoms with E-state index in [-0.39, 0.29) is 10.5 Å². The second-order valence-electron chi connectivity index (χ2n) is 2.09. The van der Waals surface area contributed by atoms with Crippen LogP contribution in [0.25, 0.3) is 0 Å². The van der Waals surface area contributed by atoms with Crippen molar-refractivity contribution in [1.82, 2.24) is 4.90 Å². The Morgan fingerprint density at radius 1 is 1.55 bits per heavy atom. The molecule has 0 spiro atoms. The Balaban J connectivity index is 2.99. The van der Waals surface area contributed by atoms with E-state index in [9.17, 15) is 14.4 Å². The zero-order valence-corrected chi connectivity index (χ0v) is 5.70. The molecule has 0 bridgehead atoms. The molecule has 5 heteroatoms. The molecule has 1 heterocycles. The third-order valence-corrected chi connectivity index (χ3v) is 1.29. The van der Waals surface area contributed by atoms with Crippen LogP contribution in [0, 0.1) is 0 Å². The summed E-state index contributed by atoms with van der Waals surface area (Å²) in [7, 11) is 0. The summed E-state index contributed by atoms with van der Waals surface area (Å²) in [6.07, 6.45) is -0.538. The van der Waals surface area contributed by atoms with Crippen molar-refractivity contribution < 1.29 is 19.5 Å². The summed E-state index contributed by atoms with van der Waals surface area (Å²) in [5, 5.41) is 8.32. The first-order valence-corrected chi connectivity index (χ1v) is 2.83. The van der Waals surface area contributed by atoms with E-state index in [0.29, 0.717) is 0 Å². The van der Waals surface area contributed by atoms with Crippen LogP contribution < -0.4 is 0 Å². The van der Waals surface area contributed by atoms with Crippen LogP contribution in [0.4, 0.5) is 4.79 Å². The zero-order valence-electron chi connectivity index (χ0n) is 5.70. The van der Waals surface area contributed by atoms with Crippen LogP contribution >= 0.6 is 0 Å². The van der Waals surface area contributed by atoms with Crippen LogP contribution in [-0.4, -0.2) is 27.9 Å². The van der Waals surface area contributed by atoms with E-state index < -0.39 is 17.9 Å². The lowest BCUT2D eigenvalue weighted by molar-refractivity contribution is -0.134. The van der Waals surface area contributed by atoms with Gasteiger partial charge in [-0.25, -0.2) is 4.79 Å². The first-order chi connectivity index (χ1) is 5.04. The fourth-order valence-electron chi connectivity index (χ4n) is 0.769. The molecule has 1 aliphatic heterocycles. The Bertz CT molecular complexity index is 278. The Kier molecular flexibility index (Phi) is 1.48. The van der Waals surface area contributed by atoms with Gasteiger partial charge >= 0.3 is 6.09 Å². The number of nitrogens with zero attached hydrogens (tertiary/aromatic N) is 1. The third kappa shape index (κ3) is 1.000. The van der Waals surface area contributed by atoms with Gasteiger partial charge in [-0.15, -0.1) is 0 Å². The van der Waals surface area contributed by atoms with Crippen LogP contribution in [0.3, 0.4) is 0 Å². The topological polar surface area (TPSA) is 74.7 Å². The Morgan fingerprint density at radius 2 is 2.09 bits per heavy atom. The van der Waals surface area contributed by atoms with Gasteiger partial charge in [0.2, 0.25) is 0 Å². The molecule has 1 N–H and O–H groups in total. The summed E-state index contributed by atoms with van der Waals surface area (Å²) in [5.41, 5.74) is 0.150. The SMILES string of the molecule is CC1=CC(=O)N(C(=O)O)C1=O. The Labute approximate surface area is 61.9 Å². The van der Waals surface area contributed by atoms with E-state index in [1.807, 2.05) is 0 Å². The van der Waals surface area contributed by atoms with Gasteiger partial charge in [-0.1, -0.05) is 0 Å². The normalized spacial score (nSPS) is 17.2. The maximum absolute atomic E-state index is 10.8. The second kappa shape index (κ2) is 2.19. The lowest BCUT2D eigenvalue weighted by atomic mass is 10.3. The monoisotopic (exact) mass is 155 g/mol. The van der Waals surface area contributed by atoms with E-state index in [1.54, 1.807) is 0 Å². The summed E-state index contributed by atoms with van der Waals surface area (Å²) in [6, 6.07) is 0. The minimum absolute atomic E-state index is 0.150. The van der Waals surface area contributed by atoms with Crippen LogP contribution in [0.2, 0.25) is 0 Å². The van der Waals surface area contributed by atoms with Gasteiger partial charge in [0.05, 0.1) is 0 Å². The highest BCUT2D eigenvalue weighted by Gasteiger charge is 2.33. The van der Waals surface area contributed by atoms with Crippen molar-refractivity contribution in [2.75, 3.05) is 0 Å². The standard InChI is InChI=1S/C6H5NO4/c1-3-2-4(8)7(5(3)9)6(10)11/h2H,1H3,(H,10,11). The number of carbonyl (C=O) groups excluding carboxylic acids is 2. The number of hydrogen-bond acceptors (Lipinski definition) is 3. The van der Waals surface area contributed by atoms with Crippen molar-refractivity contribution in [3.8, 4) is 0 Å². The van der Waals surface area contributed by atoms with Crippen molar-refractivity contribution in [3.05, 3.63) is 11.6 Å². The van der Waals surface area contributed by atoms with Crippen LogP contribution in [0.1, 0.15) is 6.92 Å². The van der Waals surface area contributed by atoms with Crippen LogP contribution in [0.5, 0.6) is 0 Å². The first-order valence-electron chi connectivity index (χ1n) is 2.83. The summed E-state index contributed by atoms with van der Waals surface area (Å²) in [4.78, 5) is 31.9. The van der Waals surface area contributed by atoms with E-state index in [4.69, 9.17) is 5.11 Å². The Morgan fingerprint density at radius 3 is 2.27 bits per heavy atom. The van der Waals surface area contributed by atoms with E-state index in [2.05, 4.69) is 0 Å². The largest absolute Gasteiger partial charge is 0.464 e. The predicted octanol–water partition coefficient (Wildman–Crippen LogP) is -0.0205. The number of rotatable bonds is 0. The van der Waals surface area contributed by atoms with Crippen molar-refractivity contribution in [3.63, 3.8) is 0 Å². The molecule has 0 radical (unpaired) electrons. The zero-order chi connectivity index (χ0) is 8.59. The minimum Gasteiger partial charge on any atom is -0.464 e. The van der Waals surface area contributed by atoms with Gasteiger partial charge in [-0.3, -0.25) is 9.59 Å². The summed E-state index contributed by atoms with van der Waals surface area (Å²) >= 11 is 0. The Hall–Kier alpha value is -1.65. The van der Waals surface area contributed by atoms with Gasteiger partial charge in [0.15, 0.2) is 0 Å². The fourth-order valence-corrected chi connectivity index (χ4v) is 0.769. The van der Waals surface area contributed by atoms with Crippen molar-refractivity contribution >= 4 is 17.9 Å². The maximum atomic E-state index is 10.8. The van der Waals surface area contributed by atoms with Crippen molar-refractivity contribution in [1.29, 1.82) is 0 Å². The highest BCUT2D eigenvalue weighted by Crippen LogP contribution is 2.11. The number of carbonyl (C=O) groups is 3. The van der Waals surface area contributed by atoms with Crippen LogP contribution in [-0.2, 0) is 9.59 Å². The molecule has 11 heavy (non-hydrogen) atoms. The molecule has 1 rings (SSSR count). The molecule has 58 valence electrons. The average Bonchev–Trinajstić information content (AvgIpc) is 2.07. The molecule has 0 saturated carbocycles.